The Morgan fingerprint density at radius 3 is 2.47 bits per heavy atom. The standard InChI is InChI=1S/C36H42N2O4S/c1-4-6-19-41-20-21-42-34-14-12-31(13-15-34)32-9-7-8-30(23-32)22-28(3)36(39)24-29-10-16-35(17-11-29)43(40)26-33-25-37-27-38(33)18-5-2/h7-17,22-23,25,27H,4-6,18-21,24,26H2,1-3H3/b28-22+/t43-/m0/s1. The van der Waals surface area contributed by atoms with Crippen molar-refractivity contribution in [3.05, 3.63) is 108 Å². The number of unbranched alkanes of at least 4 members (excludes halogenated alkanes) is 1. The number of ketones is 1. The van der Waals surface area contributed by atoms with Crippen LogP contribution in [-0.2, 0) is 39.0 Å². The lowest BCUT2D eigenvalue weighted by molar-refractivity contribution is -0.114. The molecule has 0 amide bonds. The quantitative estimate of drug-likeness (QED) is 0.0921. The molecule has 0 radical (unpaired) electrons. The lowest BCUT2D eigenvalue weighted by Crippen LogP contribution is -2.07. The highest BCUT2D eigenvalue weighted by Crippen LogP contribution is 2.24. The number of hydrogen-bond donors (Lipinski definition) is 0. The molecule has 0 aliphatic heterocycles. The summed E-state index contributed by atoms with van der Waals surface area (Å²) in [4.78, 5) is 18.0. The van der Waals surface area contributed by atoms with Gasteiger partial charge in [0.25, 0.3) is 0 Å². The second-order valence-corrected chi connectivity index (χ2v) is 12.1. The van der Waals surface area contributed by atoms with Crippen LogP contribution < -0.4 is 4.74 Å². The molecule has 3 aromatic carbocycles. The van der Waals surface area contributed by atoms with Crippen molar-refractivity contribution in [1.82, 2.24) is 9.55 Å². The molecule has 0 unspecified atom stereocenters. The van der Waals surface area contributed by atoms with Crippen LogP contribution in [0.4, 0.5) is 0 Å². The molecule has 0 aliphatic rings. The van der Waals surface area contributed by atoms with Crippen molar-refractivity contribution in [1.29, 1.82) is 0 Å². The van der Waals surface area contributed by atoms with E-state index >= 15 is 0 Å². The van der Waals surface area contributed by atoms with Gasteiger partial charge in [0, 0.05) is 30.7 Å². The van der Waals surface area contributed by atoms with Crippen molar-refractivity contribution in [2.24, 2.45) is 0 Å². The number of benzene rings is 3. The highest BCUT2D eigenvalue weighted by molar-refractivity contribution is 7.84. The second-order valence-electron chi connectivity index (χ2n) is 10.6. The van der Waals surface area contributed by atoms with E-state index in [1.165, 1.54) is 0 Å². The van der Waals surface area contributed by atoms with Gasteiger partial charge in [0.05, 0.1) is 35.2 Å². The van der Waals surface area contributed by atoms with Crippen LogP contribution in [0.2, 0.25) is 0 Å². The summed E-state index contributed by atoms with van der Waals surface area (Å²) in [5.41, 5.74) is 5.69. The van der Waals surface area contributed by atoms with E-state index in [2.05, 4.69) is 35.5 Å². The normalized spacial score (nSPS) is 12.3. The van der Waals surface area contributed by atoms with Gasteiger partial charge in [-0.3, -0.25) is 9.00 Å². The molecule has 6 nitrogen and oxygen atoms in total. The number of hydrogen-bond acceptors (Lipinski definition) is 5. The molecule has 4 rings (SSSR count). The first-order valence-electron chi connectivity index (χ1n) is 15.1. The maximum Gasteiger partial charge on any atom is 0.162 e. The van der Waals surface area contributed by atoms with Crippen molar-refractivity contribution in [2.75, 3.05) is 19.8 Å². The fourth-order valence-electron chi connectivity index (χ4n) is 4.66. The van der Waals surface area contributed by atoms with Gasteiger partial charge in [0.1, 0.15) is 12.4 Å². The maximum absolute atomic E-state index is 13.0. The molecule has 0 saturated heterocycles. The summed E-state index contributed by atoms with van der Waals surface area (Å²) in [7, 11) is -1.18. The number of carbonyl (C=O) groups excluding carboxylic acids is 1. The van der Waals surface area contributed by atoms with Crippen molar-refractivity contribution in [3.8, 4) is 16.9 Å². The zero-order valence-electron chi connectivity index (χ0n) is 25.5. The zero-order valence-corrected chi connectivity index (χ0v) is 26.3. The number of imidazole rings is 1. The molecular formula is C36H42N2O4S. The van der Waals surface area contributed by atoms with Gasteiger partial charge in [-0.1, -0.05) is 62.7 Å². The number of nitrogens with zero attached hydrogens (tertiary/aromatic N) is 2. The number of aromatic nitrogens is 2. The largest absolute Gasteiger partial charge is 0.491 e. The predicted octanol–water partition coefficient (Wildman–Crippen LogP) is 7.68. The smallest absolute Gasteiger partial charge is 0.162 e. The Hall–Kier alpha value is -3.81. The first-order chi connectivity index (χ1) is 21.0. The van der Waals surface area contributed by atoms with E-state index < -0.39 is 10.8 Å². The van der Waals surface area contributed by atoms with E-state index in [9.17, 15) is 9.00 Å². The van der Waals surface area contributed by atoms with Crippen LogP contribution >= 0.6 is 0 Å². The van der Waals surface area contributed by atoms with E-state index in [-0.39, 0.29) is 5.78 Å². The Morgan fingerprint density at radius 1 is 0.930 bits per heavy atom. The first-order valence-corrected chi connectivity index (χ1v) is 16.4. The second kappa shape index (κ2) is 16.7. The highest BCUT2D eigenvalue weighted by Gasteiger charge is 2.11. The van der Waals surface area contributed by atoms with Gasteiger partial charge in [-0.2, -0.15) is 0 Å². The molecule has 43 heavy (non-hydrogen) atoms. The van der Waals surface area contributed by atoms with Gasteiger partial charge in [-0.25, -0.2) is 4.98 Å². The Bertz CT molecular complexity index is 1510. The number of carbonyl (C=O) groups is 1. The third-order valence-electron chi connectivity index (χ3n) is 7.13. The topological polar surface area (TPSA) is 70.4 Å². The third-order valence-corrected chi connectivity index (χ3v) is 8.48. The summed E-state index contributed by atoms with van der Waals surface area (Å²) in [5.74, 6) is 1.30. The summed E-state index contributed by atoms with van der Waals surface area (Å²) >= 11 is 0. The van der Waals surface area contributed by atoms with E-state index in [1.54, 1.807) is 12.5 Å². The molecule has 1 heterocycles. The molecule has 0 saturated carbocycles. The number of Topliss-reactive ketones (excluding diaryl/α,β-unsaturated/α-hetero) is 1. The summed E-state index contributed by atoms with van der Waals surface area (Å²) in [6, 6.07) is 23.7. The fraction of sp³-hybridized carbons (Fsp3) is 0.333. The summed E-state index contributed by atoms with van der Waals surface area (Å²) in [5, 5.41) is 0. The van der Waals surface area contributed by atoms with Gasteiger partial charge in [0.2, 0.25) is 0 Å². The van der Waals surface area contributed by atoms with E-state index in [0.717, 1.165) is 71.0 Å². The highest BCUT2D eigenvalue weighted by atomic mass is 32.2. The van der Waals surface area contributed by atoms with Crippen LogP contribution in [0.5, 0.6) is 5.75 Å². The van der Waals surface area contributed by atoms with Crippen molar-refractivity contribution < 1.29 is 18.5 Å². The van der Waals surface area contributed by atoms with Crippen LogP contribution in [0.3, 0.4) is 0 Å². The van der Waals surface area contributed by atoms with Gasteiger partial charge >= 0.3 is 0 Å². The Kier molecular flexibility index (Phi) is 12.5. The van der Waals surface area contributed by atoms with Gasteiger partial charge < -0.3 is 14.0 Å². The maximum atomic E-state index is 13.0. The van der Waals surface area contributed by atoms with Crippen LogP contribution in [-0.4, -0.2) is 39.4 Å². The summed E-state index contributed by atoms with van der Waals surface area (Å²) in [6.45, 7) is 8.88. The number of allylic oxidation sites excluding steroid dienone is 1. The van der Waals surface area contributed by atoms with Crippen LogP contribution in [0.15, 0.2) is 95.8 Å². The molecule has 1 atom stereocenters. The number of rotatable bonds is 17. The van der Waals surface area contributed by atoms with Gasteiger partial charge in [-0.15, -0.1) is 0 Å². The number of aryl methyl sites for hydroxylation is 1. The third kappa shape index (κ3) is 9.87. The average molecular weight is 599 g/mol. The van der Waals surface area contributed by atoms with Gasteiger partial charge in [-0.05, 0) is 84.0 Å². The zero-order chi connectivity index (χ0) is 30.4. The van der Waals surface area contributed by atoms with Crippen LogP contribution in [0, 0.1) is 0 Å². The molecule has 0 spiro atoms. The first kappa shape index (κ1) is 32.1. The SMILES string of the molecule is CCCCOCCOc1ccc(-c2cccc(/C=C(\C)C(=O)Cc3ccc([S@@](=O)Cc4cncn4CCC)cc3)c2)cc1. The molecule has 226 valence electrons. The molecule has 4 aromatic rings. The monoisotopic (exact) mass is 598 g/mol. The van der Waals surface area contributed by atoms with E-state index in [4.69, 9.17) is 9.47 Å². The van der Waals surface area contributed by atoms with Crippen LogP contribution in [0.25, 0.3) is 17.2 Å². The average Bonchev–Trinajstić information content (AvgIpc) is 3.46. The Balaban J connectivity index is 1.31. The van der Waals surface area contributed by atoms with Crippen molar-refractivity contribution in [3.63, 3.8) is 0 Å². The molecular weight excluding hydrogens is 556 g/mol. The predicted molar refractivity (Wildman–Crippen MR) is 175 cm³/mol. The minimum absolute atomic E-state index is 0.0583. The molecule has 1 aromatic heterocycles. The minimum atomic E-state index is -1.18. The molecule has 7 heteroatoms. The molecule has 0 N–H and O–H groups in total. The lowest BCUT2D eigenvalue weighted by atomic mass is 9.99. The van der Waals surface area contributed by atoms with E-state index in [0.29, 0.717) is 31.0 Å². The molecule has 0 aliphatic carbocycles. The van der Waals surface area contributed by atoms with E-state index in [1.807, 2.05) is 73.7 Å². The summed E-state index contributed by atoms with van der Waals surface area (Å²) < 4.78 is 26.3. The van der Waals surface area contributed by atoms with Gasteiger partial charge in [0.15, 0.2) is 5.78 Å². The molecule has 0 fully saturated rings. The number of ether oxygens (including phenoxy) is 2. The van der Waals surface area contributed by atoms with Crippen LogP contribution in [0.1, 0.15) is 56.9 Å². The molecule has 0 bridgehead atoms. The fourth-order valence-corrected chi connectivity index (χ4v) is 5.78. The summed E-state index contributed by atoms with van der Waals surface area (Å²) in [6.07, 6.45) is 9.00. The van der Waals surface area contributed by atoms with Crippen molar-refractivity contribution >= 4 is 22.7 Å². The lowest BCUT2D eigenvalue weighted by Gasteiger charge is -2.09. The Morgan fingerprint density at radius 2 is 1.72 bits per heavy atom. The minimum Gasteiger partial charge on any atom is -0.491 e. The van der Waals surface area contributed by atoms with Crippen molar-refractivity contribution in [2.45, 2.75) is 63.6 Å². The Labute approximate surface area is 258 Å².